The number of sulfone groups is 1. The second kappa shape index (κ2) is 9.70. The molecular weight excluding hydrogens is 565 g/mol. The molecule has 39 heavy (non-hydrogen) atoms. The smallest absolute Gasteiger partial charge is 0.268 e. The summed E-state index contributed by atoms with van der Waals surface area (Å²) in [5.41, 5.74) is 2.33. The summed E-state index contributed by atoms with van der Waals surface area (Å²) in [5.74, 6) is -0.994. The minimum absolute atomic E-state index is 0.0147. The molecule has 0 aliphatic carbocycles. The van der Waals surface area contributed by atoms with E-state index >= 15 is 0 Å². The number of pyridine rings is 1. The summed E-state index contributed by atoms with van der Waals surface area (Å²) in [4.78, 5) is 12.4. The third-order valence-corrected chi connectivity index (χ3v) is 9.11. The molecule has 0 saturated carbocycles. The molecule has 0 bridgehead atoms. The minimum Gasteiger partial charge on any atom is -0.322 e. The molecule has 0 saturated heterocycles. The highest BCUT2D eigenvalue weighted by Crippen LogP contribution is 2.36. The maximum absolute atomic E-state index is 14.9. The topological polar surface area (TPSA) is 124 Å². The molecule has 5 aromatic rings. The number of benzene rings is 2. The molecule has 1 N–H and O–H groups in total. The van der Waals surface area contributed by atoms with Crippen LogP contribution in [0.25, 0.3) is 22.2 Å². The van der Waals surface area contributed by atoms with Gasteiger partial charge in [0.25, 0.3) is 10.0 Å². The summed E-state index contributed by atoms with van der Waals surface area (Å²) in [6.07, 6.45) is 5.27. The molecule has 0 aliphatic heterocycles. The number of halogens is 2. The van der Waals surface area contributed by atoms with Gasteiger partial charge in [0.2, 0.25) is 5.95 Å². The van der Waals surface area contributed by atoms with Crippen LogP contribution in [0, 0.1) is 19.7 Å². The third kappa shape index (κ3) is 4.86. The Labute approximate surface area is 229 Å². The van der Waals surface area contributed by atoms with Gasteiger partial charge in [-0.15, -0.1) is 0 Å². The van der Waals surface area contributed by atoms with Gasteiger partial charge in [0.05, 0.1) is 16.3 Å². The van der Waals surface area contributed by atoms with Crippen LogP contribution in [0.4, 0.5) is 16.0 Å². The van der Waals surface area contributed by atoms with Crippen LogP contribution in [0.15, 0.2) is 76.9 Å². The van der Waals surface area contributed by atoms with Crippen molar-refractivity contribution in [1.29, 1.82) is 0 Å². The Hall–Kier alpha value is -3.87. The number of rotatable bonds is 6. The van der Waals surface area contributed by atoms with E-state index < -0.39 is 30.6 Å². The molecule has 200 valence electrons. The Balaban J connectivity index is 1.66. The van der Waals surface area contributed by atoms with Crippen LogP contribution in [0.5, 0.6) is 0 Å². The van der Waals surface area contributed by atoms with Crippen molar-refractivity contribution in [3.63, 3.8) is 0 Å². The van der Waals surface area contributed by atoms with E-state index in [1.807, 2.05) is 6.92 Å². The van der Waals surface area contributed by atoms with E-state index in [4.69, 9.17) is 11.6 Å². The molecule has 0 fully saturated rings. The lowest BCUT2D eigenvalue weighted by Crippen LogP contribution is -2.12. The lowest BCUT2D eigenvalue weighted by molar-refractivity contribution is 0.572. The SMILES string of the molecule is Cc1ccc(S(=O)(=O)n2cc(-c3nc(Nc4cccc(S(C)(=O)=O)c4F)ncc3C)c3ccnc(Cl)c32)cc1. The molecule has 0 aliphatic rings. The van der Waals surface area contributed by atoms with Crippen LogP contribution in [0.1, 0.15) is 11.1 Å². The van der Waals surface area contributed by atoms with Crippen LogP contribution in [-0.2, 0) is 19.9 Å². The summed E-state index contributed by atoms with van der Waals surface area (Å²) in [7, 11) is -7.87. The van der Waals surface area contributed by atoms with Gasteiger partial charge in [-0.3, -0.25) is 0 Å². The fourth-order valence-corrected chi connectivity index (χ4v) is 6.53. The first-order chi connectivity index (χ1) is 18.4. The molecule has 0 atom stereocenters. The first-order valence-corrected chi connectivity index (χ1v) is 15.2. The average molecular weight is 586 g/mol. The fourth-order valence-electron chi connectivity index (χ4n) is 4.10. The highest BCUT2D eigenvalue weighted by Gasteiger charge is 2.25. The van der Waals surface area contributed by atoms with Crippen LogP contribution >= 0.6 is 11.6 Å². The number of aromatic nitrogens is 4. The van der Waals surface area contributed by atoms with Gasteiger partial charge in [0.1, 0.15) is 10.4 Å². The molecule has 13 heteroatoms. The third-order valence-electron chi connectivity index (χ3n) is 6.05. The zero-order chi connectivity index (χ0) is 28.1. The summed E-state index contributed by atoms with van der Waals surface area (Å²) in [5, 5.41) is 3.19. The molecule has 9 nitrogen and oxygen atoms in total. The van der Waals surface area contributed by atoms with Crippen molar-refractivity contribution >= 4 is 54.0 Å². The maximum Gasteiger partial charge on any atom is 0.268 e. The van der Waals surface area contributed by atoms with Gasteiger partial charge in [-0.2, -0.15) is 0 Å². The lowest BCUT2D eigenvalue weighted by atomic mass is 10.1. The molecule has 0 radical (unpaired) electrons. The van der Waals surface area contributed by atoms with Crippen molar-refractivity contribution in [3.05, 3.63) is 89.2 Å². The minimum atomic E-state index is -4.06. The largest absolute Gasteiger partial charge is 0.322 e. The summed E-state index contributed by atoms with van der Waals surface area (Å²) < 4.78 is 67.2. The van der Waals surface area contributed by atoms with Crippen LogP contribution in [0.3, 0.4) is 0 Å². The quantitative estimate of drug-likeness (QED) is 0.267. The first-order valence-electron chi connectivity index (χ1n) is 11.5. The number of aryl methyl sites for hydroxylation is 2. The first kappa shape index (κ1) is 26.7. The molecular formula is C26H21ClFN5O4S2. The zero-order valence-electron chi connectivity index (χ0n) is 20.8. The van der Waals surface area contributed by atoms with Gasteiger partial charge < -0.3 is 5.32 Å². The Morgan fingerprint density at radius 2 is 1.69 bits per heavy atom. The van der Waals surface area contributed by atoms with Gasteiger partial charge >= 0.3 is 0 Å². The zero-order valence-corrected chi connectivity index (χ0v) is 23.2. The number of anilines is 2. The van der Waals surface area contributed by atoms with E-state index in [1.54, 1.807) is 25.1 Å². The fraction of sp³-hybridized carbons (Fsp3) is 0.115. The van der Waals surface area contributed by atoms with E-state index in [9.17, 15) is 21.2 Å². The van der Waals surface area contributed by atoms with E-state index in [2.05, 4.69) is 20.3 Å². The summed E-state index contributed by atoms with van der Waals surface area (Å²) in [6, 6.07) is 12.0. The molecule has 3 aromatic heterocycles. The monoisotopic (exact) mass is 585 g/mol. The molecule has 5 rings (SSSR count). The van der Waals surface area contributed by atoms with Crippen molar-refractivity contribution in [3.8, 4) is 11.3 Å². The highest BCUT2D eigenvalue weighted by molar-refractivity contribution is 7.90. The van der Waals surface area contributed by atoms with E-state index in [-0.39, 0.29) is 27.2 Å². The Morgan fingerprint density at radius 1 is 0.974 bits per heavy atom. The predicted octanol–water partition coefficient (Wildman–Crippen LogP) is 5.29. The van der Waals surface area contributed by atoms with Crippen molar-refractivity contribution < 1.29 is 21.2 Å². The lowest BCUT2D eigenvalue weighted by Gasteiger charge is -2.11. The van der Waals surface area contributed by atoms with E-state index in [0.29, 0.717) is 22.2 Å². The van der Waals surface area contributed by atoms with Crippen LogP contribution in [0.2, 0.25) is 5.15 Å². The number of nitrogens with zero attached hydrogens (tertiary/aromatic N) is 4. The van der Waals surface area contributed by atoms with Crippen LogP contribution < -0.4 is 5.32 Å². The molecule has 3 heterocycles. The number of hydrogen-bond donors (Lipinski definition) is 1. The van der Waals surface area contributed by atoms with Gasteiger partial charge in [0.15, 0.2) is 20.8 Å². The van der Waals surface area contributed by atoms with Crippen molar-refractivity contribution in [2.24, 2.45) is 0 Å². The Kier molecular flexibility index (Phi) is 6.65. The van der Waals surface area contributed by atoms with Gasteiger partial charge in [0, 0.05) is 35.8 Å². The molecule has 0 unspecified atom stereocenters. The van der Waals surface area contributed by atoms with Crippen LogP contribution in [-0.4, -0.2) is 42.0 Å². The number of hydrogen-bond acceptors (Lipinski definition) is 8. The standard InChI is InChI=1S/C26H21ClFN5O4S2/c1-15-7-9-17(10-8-15)39(36,37)33-14-19(18-11-12-29-25(27)24(18)33)23-16(2)13-30-26(32-23)31-20-5-4-6-21(22(20)28)38(3,34)35/h4-14H,1-3H3,(H,30,31,32). The van der Waals surface area contributed by atoms with Gasteiger partial charge in [-0.05, 0) is 49.7 Å². The maximum atomic E-state index is 14.9. The van der Waals surface area contributed by atoms with Gasteiger partial charge in [-0.25, -0.2) is 40.2 Å². The second-order valence-corrected chi connectivity index (χ2v) is 13.1. The van der Waals surface area contributed by atoms with Crippen molar-refractivity contribution in [2.45, 2.75) is 23.6 Å². The number of nitrogens with one attached hydrogen (secondary N) is 1. The molecule has 0 spiro atoms. The normalized spacial score (nSPS) is 12.1. The second-order valence-electron chi connectivity index (χ2n) is 8.89. The predicted molar refractivity (Wildman–Crippen MR) is 147 cm³/mol. The summed E-state index contributed by atoms with van der Waals surface area (Å²) in [6.45, 7) is 3.59. The van der Waals surface area contributed by atoms with E-state index in [1.165, 1.54) is 48.9 Å². The van der Waals surface area contributed by atoms with Gasteiger partial charge in [-0.1, -0.05) is 35.4 Å². The average Bonchev–Trinajstić information content (AvgIpc) is 3.28. The highest BCUT2D eigenvalue weighted by atomic mass is 35.5. The Bertz CT molecular complexity index is 1980. The number of fused-ring (bicyclic) bond motifs is 1. The summed E-state index contributed by atoms with van der Waals surface area (Å²) >= 11 is 6.40. The Morgan fingerprint density at radius 3 is 2.38 bits per heavy atom. The van der Waals surface area contributed by atoms with Crippen molar-refractivity contribution in [2.75, 3.05) is 11.6 Å². The van der Waals surface area contributed by atoms with E-state index in [0.717, 1.165) is 15.8 Å². The molecule has 2 aromatic carbocycles. The molecule has 0 amide bonds. The van der Waals surface area contributed by atoms with Crippen molar-refractivity contribution in [1.82, 2.24) is 18.9 Å².